The minimum absolute atomic E-state index is 0. The molecule has 1 unspecified atom stereocenters. The number of rotatable bonds is 3. The summed E-state index contributed by atoms with van der Waals surface area (Å²) in [5, 5.41) is 37.9. The molecule has 0 aliphatic carbocycles. The highest BCUT2D eigenvalue weighted by Gasteiger charge is 2.44. The van der Waals surface area contributed by atoms with E-state index < -0.39 is 37.3 Å². The van der Waals surface area contributed by atoms with E-state index in [-0.39, 0.29) is 7.43 Å². The van der Waals surface area contributed by atoms with E-state index in [1.54, 1.807) is 30.3 Å². The van der Waals surface area contributed by atoms with Gasteiger partial charge in [-0.25, -0.2) is 0 Å². The normalized spacial score (nSPS) is 34.4. The number of hydrogen-bond donors (Lipinski definition) is 4. The lowest BCUT2D eigenvalue weighted by atomic mass is 9.99. The highest BCUT2D eigenvalue weighted by Crippen LogP contribution is 2.23. The Balaban J connectivity index is 0.00000180. The van der Waals surface area contributed by atoms with Gasteiger partial charge in [-0.1, -0.05) is 25.6 Å². The van der Waals surface area contributed by atoms with Crippen molar-refractivity contribution in [2.45, 2.75) is 38.1 Å². The van der Waals surface area contributed by atoms with Crippen LogP contribution >= 0.6 is 0 Å². The molecule has 1 aromatic carbocycles. The van der Waals surface area contributed by atoms with Crippen LogP contribution in [0, 0.1) is 0 Å². The van der Waals surface area contributed by atoms with Crippen molar-refractivity contribution in [3.8, 4) is 5.75 Å². The maximum absolute atomic E-state index is 9.74. The van der Waals surface area contributed by atoms with Gasteiger partial charge in [-0.15, -0.1) is 0 Å². The van der Waals surface area contributed by atoms with Gasteiger partial charge in [0, 0.05) is 0 Å². The van der Waals surface area contributed by atoms with Crippen molar-refractivity contribution in [3.05, 3.63) is 30.3 Å². The molecule has 1 heterocycles. The smallest absolute Gasteiger partial charge is 0.229 e. The van der Waals surface area contributed by atoms with Crippen molar-refractivity contribution in [1.29, 1.82) is 0 Å². The van der Waals surface area contributed by atoms with Gasteiger partial charge in [-0.05, 0) is 12.1 Å². The molecule has 6 heteroatoms. The van der Waals surface area contributed by atoms with Crippen molar-refractivity contribution in [1.82, 2.24) is 0 Å². The van der Waals surface area contributed by atoms with Crippen molar-refractivity contribution in [3.63, 3.8) is 0 Å². The van der Waals surface area contributed by atoms with E-state index in [4.69, 9.17) is 14.6 Å². The third-order valence-corrected chi connectivity index (χ3v) is 2.84. The van der Waals surface area contributed by atoms with Gasteiger partial charge in [0.25, 0.3) is 0 Å². The molecular formula is C13H20O6. The van der Waals surface area contributed by atoms with Gasteiger partial charge in [0.2, 0.25) is 6.29 Å². The van der Waals surface area contributed by atoms with E-state index in [0.717, 1.165) is 0 Å². The zero-order chi connectivity index (χ0) is 13.1. The SMILES string of the molecule is C.OC[C@H]1OC(Oc2ccccc2)[C@H](O)[C@@H](O)[C@@H]1O. The van der Waals surface area contributed by atoms with Gasteiger partial charge in [0.05, 0.1) is 6.61 Å². The maximum Gasteiger partial charge on any atom is 0.229 e. The Bertz CT molecular complexity index is 369. The van der Waals surface area contributed by atoms with E-state index in [9.17, 15) is 15.3 Å². The summed E-state index contributed by atoms with van der Waals surface area (Å²) in [6.45, 7) is -0.473. The fourth-order valence-corrected chi connectivity index (χ4v) is 1.80. The number of para-hydroxylation sites is 1. The molecule has 1 aliphatic heterocycles. The number of hydrogen-bond acceptors (Lipinski definition) is 6. The Labute approximate surface area is 111 Å². The summed E-state index contributed by atoms with van der Waals surface area (Å²) in [4.78, 5) is 0. The van der Waals surface area contributed by atoms with Crippen LogP contribution in [0.5, 0.6) is 5.75 Å². The molecule has 1 aliphatic rings. The monoisotopic (exact) mass is 272 g/mol. The topological polar surface area (TPSA) is 99.4 Å². The van der Waals surface area contributed by atoms with Gasteiger partial charge in [-0.2, -0.15) is 0 Å². The molecule has 1 fully saturated rings. The summed E-state index contributed by atoms with van der Waals surface area (Å²) in [6.07, 6.45) is -6.28. The number of benzene rings is 1. The average molecular weight is 272 g/mol. The van der Waals surface area contributed by atoms with Crippen molar-refractivity contribution in [2.24, 2.45) is 0 Å². The molecule has 5 atom stereocenters. The second-order valence-corrected chi connectivity index (χ2v) is 4.13. The summed E-state index contributed by atoms with van der Waals surface area (Å²) in [6, 6.07) is 8.64. The Kier molecular flexibility index (Phi) is 5.71. The summed E-state index contributed by atoms with van der Waals surface area (Å²) in [7, 11) is 0. The second kappa shape index (κ2) is 6.83. The minimum Gasteiger partial charge on any atom is -0.462 e. The van der Waals surface area contributed by atoms with E-state index in [1.807, 2.05) is 0 Å². The lowest BCUT2D eigenvalue weighted by molar-refractivity contribution is -0.277. The largest absolute Gasteiger partial charge is 0.462 e. The zero-order valence-electron chi connectivity index (χ0n) is 9.59. The van der Waals surface area contributed by atoms with Crippen LogP contribution in [0.1, 0.15) is 7.43 Å². The highest BCUT2D eigenvalue weighted by molar-refractivity contribution is 5.21. The molecule has 0 saturated carbocycles. The van der Waals surface area contributed by atoms with Crippen LogP contribution in [-0.2, 0) is 4.74 Å². The average Bonchev–Trinajstić information content (AvgIpc) is 2.40. The molecular weight excluding hydrogens is 252 g/mol. The van der Waals surface area contributed by atoms with Gasteiger partial charge in [-0.3, -0.25) is 0 Å². The Morgan fingerprint density at radius 1 is 1.00 bits per heavy atom. The second-order valence-electron chi connectivity index (χ2n) is 4.13. The van der Waals surface area contributed by atoms with Crippen LogP contribution in [0.4, 0.5) is 0 Å². The molecule has 19 heavy (non-hydrogen) atoms. The standard InChI is InChI=1S/C12H16O6.CH4/c13-6-8-9(14)10(15)11(16)12(18-8)17-7-4-2-1-3-5-7;/h1-5,8-16H,6H2;1H4/t8-,9-,10+,11-,12?;/m1./s1. The van der Waals surface area contributed by atoms with Crippen molar-refractivity contribution in [2.75, 3.05) is 6.61 Å². The fraction of sp³-hybridized carbons (Fsp3) is 0.538. The van der Waals surface area contributed by atoms with E-state index >= 15 is 0 Å². The van der Waals surface area contributed by atoms with Gasteiger partial charge in [0.1, 0.15) is 30.2 Å². The summed E-state index contributed by atoms with van der Waals surface area (Å²) >= 11 is 0. The molecule has 0 bridgehead atoms. The van der Waals surface area contributed by atoms with E-state index in [2.05, 4.69) is 0 Å². The molecule has 1 aromatic rings. The Morgan fingerprint density at radius 2 is 1.63 bits per heavy atom. The third kappa shape index (κ3) is 3.43. The van der Waals surface area contributed by atoms with Crippen LogP contribution in [0.15, 0.2) is 30.3 Å². The molecule has 0 amide bonds. The van der Waals surface area contributed by atoms with Crippen molar-refractivity contribution < 1.29 is 29.9 Å². The highest BCUT2D eigenvalue weighted by atomic mass is 16.7. The van der Waals surface area contributed by atoms with Crippen molar-refractivity contribution >= 4 is 0 Å². The summed E-state index contributed by atoms with van der Waals surface area (Å²) in [5.41, 5.74) is 0. The van der Waals surface area contributed by atoms with Gasteiger partial charge in [0.15, 0.2) is 0 Å². The number of ether oxygens (including phenoxy) is 2. The molecule has 0 spiro atoms. The first-order valence-electron chi connectivity index (χ1n) is 5.65. The molecule has 2 rings (SSSR count). The molecule has 0 radical (unpaired) electrons. The first-order chi connectivity index (χ1) is 8.63. The molecule has 0 aromatic heterocycles. The predicted octanol–water partition coefficient (Wildman–Crippen LogP) is -0.499. The molecule has 4 N–H and O–H groups in total. The third-order valence-electron chi connectivity index (χ3n) is 2.84. The van der Waals surface area contributed by atoms with E-state index in [1.165, 1.54) is 0 Å². The van der Waals surface area contributed by atoms with Crippen LogP contribution in [0.25, 0.3) is 0 Å². The zero-order valence-corrected chi connectivity index (χ0v) is 9.59. The summed E-state index contributed by atoms with van der Waals surface area (Å²) in [5.74, 6) is 0.460. The number of aliphatic hydroxyl groups excluding tert-OH is 4. The molecule has 108 valence electrons. The first kappa shape index (κ1) is 15.9. The fourth-order valence-electron chi connectivity index (χ4n) is 1.80. The predicted molar refractivity (Wildman–Crippen MR) is 67.6 cm³/mol. The maximum atomic E-state index is 9.74. The molecule has 6 nitrogen and oxygen atoms in total. The van der Waals surface area contributed by atoms with Crippen LogP contribution in [-0.4, -0.2) is 57.7 Å². The summed E-state index contributed by atoms with van der Waals surface area (Å²) < 4.78 is 10.6. The van der Waals surface area contributed by atoms with Crippen LogP contribution < -0.4 is 4.74 Å². The Morgan fingerprint density at radius 3 is 2.21 bits per heavy atom. The molecule has 1 saturated heterocycles. The van der Waals surface area contributed by atoms with Crippen LogP contribution in [0.3, 0.4) is 0 Å². The van der Waals surface area contributed by atoms with Crippen LogP contribution in [0.2, 0.25) is 0 Å². The van der Waals surface area contributed by atoms with Gasteiger partial charge >= 0.3 is 0 Å². The lowest BCUT2D eigenvalue weighted by Crippen LogP contribution is -2.60. The minimum atomic E-state index is -1.43. The van der Waals surface area contributed by atoms with E-state index in [0.29, 0.717) is 5.75 Å². The number of aliphatic hydroxyl groups is 4. The van der Waals surface area contributed by atoms with Gasteiger partial charge < -0.3 is 29.9 Å². The lowest BCUT2D eigenvalue weighted by Gasteiger charge is -2.39. The first-order valence-corrected chi connectivity index (χ1v) is 5.65. The Hall–Kier alpha value is -1.18. The quantitative estimate of drug-likeness (QED) is 0.592.